The number of carbonyl (C=O) groups is 2. The first-order valence-electron chi connectivity index (χ1n) is 10.4. The summed E-state index contributed by atoms with van der Waals surface area (Å²) in [5, 5.41) is 2.97. The summed E-state index contributed by atoms with van der Waals surface area (Å²) in [6.45, 7) is 3.89. The minimum Gasteiger partial charge on any atom is -0.341 e. The molecule has 7 heteroatoms. The van der Waals surface area contributed by atoms with E-state index in [1.54, 1.807) is 31.3 Å². The average molecular weight is 463 g/mol. The lowest BCUT2D eigenvalue weighted by atomic mass is 10.0. The van der Waals surface area contributed by atoms with Crippen molar-refractivity contribution < 1.29 is 18.0 Å². The highest BCUT2D eigenvalue weighted by Gasteiger charge is 2.30. The number of benzene rings is 3. The van der Waals surface area contributed by atoms with Crippen LogP contribution < -0.4 is 4.72 Å². The number of hydrogen-bond acceptors (Lipinski definition) is 4. The van der Waals surface area contributed by atoms with Gasteiger partial charge in [0.15, 0.2) is 0 Å². The van der Waals surface area contributed by atoms with Crippen molar-refractivity contribution in [1.82, 2.24) is 9.62 Å². The van der Waals surface area contributed by atoms with Crippen LogP contribution in [-0.2, 0) is 26.2 Å². The zero-order chi connectivity index (χ0) is 23.8. The van der Waals surface area contributed by atoms with E-state index < -0.39 is 27.8 Å². The van der Waals surface area contributed by atoms with Crippen LogP contribution in [0.2, 0.25) is 0 Å². The molecule has 0 radical (unpaired) electrons. The van der Waals surface area contributed by atoms with Gasteiger partial charge in [0.25, 0.3) is 10.0 Å². The molecule has 0 aliphatic heterocycles. The number of nitrogens with zero attached hydrogens (tertiary/aromatic N) is 1. The van der Waals surface area contributed by atoms with Crippen LogP contribution >= 0.6 is 0 Å². The molecule has 0 bridgehead atoms. The van der Waals surface area contributed by atoms with Gasteiger partial charge in [-0.2, -0.15) is 0 Å². The van der Waals surface area contributed by atoms with Crippen LogP contribution in [0, 0.1) is 5.92 Å². The smallest absolute Gasteiger partial charge is 0.257 e. The van der Waals surface area contributed by atoms with Gasteiger partial charge in [0.05, 0.1) is 5.41 Å². The molecule has 1 unspecified atom stereocenters. The summed E-state index contributed by atoms with van der Waals surface area (Å²) in [5.74, 6) is -2.58. The standard InChI is InChI=1S/C26H26N2O4S/c1-3-10-24(25(29)27-33(31,32)18-17-20-11-5-4-6-12-20)26(30)28(2)19-22-15-9-14-21-13-7-8-16-23(21)22/h3-9,11-18,24H,1,10,19H2,2H3,(H,27,29)/b18-17+. The van der Waals surface area contributed by atoms with Crippen molar-refractivity contribution in [3.8, 4) is 0 Å². The fourth-order valence-corrected chi connectivity index (χ4v) is 4.32. The largest absolute Gasteiger partial charge is 0.341 e. The van der Waals surface area contributed by atoms with Gasteiger partial charge in [-0.15, -0.1) is 6.58 Å². The van der Waals surface area contributed by atoms with E-state index in [1.165, 1.54) is 17.1 Å². The van der Waals surface area contributed by atoms with E-state index in [9.17, 15) is 18.0 Å². The predicted octanol–water partition coefficient (Wildman–Crippen LogP) is 4.11. The molecule has 170 valence electrons. The van der Waals surface area contributed by atoms with Gasteiger partial charge in [0.2, 0.25) is 11.8 Å². The monoisotopic (exact) mass is 462 g/mol. The molecule has 0 aliphatic carbocycles. The molecule has 6 nitrogen and oxygen atoms in total. The van der Waals surface area contributed by atoms with E-state index >= 15 is 0 Å². The van der Waals surface area contributed by atoms with Gasteiger partial charge >= 0.3 is 0 Å². The molecule has 1 N–H and O–H groups in total. The third-order valence-corrected chi connectivity index (χ3v) is 6.14. The number of sulfonamides is 1. The Morgan fingerprint density at radius 3 is 2.39 bits per heavy atom. The number of hydrogen-bond donors (Lipinski definition) is 1. The first kappa shape index (κ1) is 23.9. The Bertz CT molecular complexity index is 1280. The highest BCUT2D eigenvalue weighted by molar-refractivity contribution is 7.93. The zero-order valence-corrected chi connectivity index (χ0v) is 19.2. The van der Waals surface area contributed by atoms with E-state index in [4.69, 9.17) is 0 Å². The lowest BCUT2D eigenvalue weighted by Gasteiger charge is -2.23. The van der Waals surface area contributed by atoms with Crippen molar-refractivity contribution in [3.05, 3.63) is 102 Å². The van der Waals surface area contributed by atoms with Crippen molar-refractivity contribution in [2.75, 3.05) is 7.05 Å². The third-order valence-electron chi connectivity index (χ3n) is 5.16. The second-order valence-electron chi connectivity index (χ2n) is 7.63. The summed E-state index contributed by atoms with van der Waals surface area (Å²) < 4.78 is 26.8. The van der Waals surface area contributed by atoms with Crippen molar-refractivity contribution in [2.24, 2.45) is 5.92 Å². The van der Waals surface area contributed by atoms with Crippen molar-refractivity contribution in [2.45, 2.75) is 13.0 Å². The molecule has 2 amide bonds. The lowest BCUT2D eigenvalue weighted by Crippen LogP contribution is -2.43. The molecule has 0 saturated carbocycles. The molecular weight excluding hydrogens is 436 g/mol. The number of allylic oxidation sites excluding steroid dienone is 1. The second kappa shape index (κ2) is 10.7. The summed E-state index contributed by atoms with van der Waals surface area (Å²) in [5.41, 5.74) is 1.60. The summed E-state index contributed by atoms with van der Waals surface area (Å²) in [4.78, 5) is 27.3. The van der Waals surface area contributed by atoms with Gasteiger partial charge in [-0.25, -0.2) is 13.1 Å². The number of rotatable bonds is 9. The fraction of sp³-hybridized carbons (Fsp3) is 0.154. The van der Waals surface area contributed by atoms with E-state index in [0.717, 1.165) is 21.7 Å². The van der Waals surface area contributed by atoms with Gasteiger partial charge in [-0.1, -0.05) is 78.9 Å². The first-order valence-corrected chi connectivity index (χ1v) is 12.0. The Hall–Kier alpha value is -3.71. The molecule has 0 aliphatic rings. The Kier molecular flexibility index (Phi) is 7.79. The Morgan fingerprint density at radius 1 is 1.00 bits per heavy atom. The molecule has 33 heavy (non-hydrogen) atoms. The minimum atomic E-state index is -4.07. The maximum atomic E-state index is 13.1. The lowest BCUT2D eigenvalue weighted by molar-refractivity contribution is -0.140. The molecule has 0 heterocycles. The molecule has 0 saturated heterocycles. The average Bonchev–Trinajstić information content (AvgIpc) is 2.81. The van der Waals surface area contributed by atoms with E-state index in [-0.39, 0.29) is 13.0 Å². The molecule has 3 rings (SSSR count). The van der Waals surface area contributed by atoms with Gasteiger partial charge in [0, 0.05) is 13.6 Å². The number of carbonyl (C=O) groups excluding carboxylic acids is 2. The zero-order valence-electron chi connectivity index (χ0n) is 18.3. The van der Waals surface area contributed by atoms with E-state index in [2.05, 4.69) is 6.58 Å². The number of amides is 2. The van der Waals surface area contributed by atoms with Crippen LogP contribution in [0.5, 0.6) is 0 Å². The number of fused-ring (bicyclic) bond motifs is 1. The van der Waals surface area contributed by atoms with Gasteiger partial charge < -0.3 is 4.90 Å². The summed E-state index contributed by atoms with van der Waals surface area (Å²) in [6, 6.07) is 22.5. The summed E-state index contributed by atoms with van der Waals surface area (Å²) >= 11 is 0. The summed E-state index contributed by atoms with van der Waals surface area (Å²) in [7, 11) is -2.48. The maximum absolute atomic E-state index is 13.1. The van der Waals surface area contributed by atoms with Crippen LogP contribution in [0.3, 0.4) is 0 Å². The van der Waals surface area contributed by atoms with Crippen molar-refractivity contribution >= 4 is 38.7 Å². The molecule has 0 fully saturated rings. The molecule has 1 atom stereocenters. The van der Waals surface area contributed by atoms with Crippen LogP contribution in [-0.4, -0.2) is 32.2 Å². The van der Waals surface area contributed by atoms with Crippen LogP contribution in [0.25, 0.3) is 16.8 Å². The Labute approximate surface area is 194 Å². The Morgan fingerprint density at radius 2 is 1.67 bits per heavy atom. The minimum absolute atomic E-state index is 0.0163. The molecule has 3 aromatic carbocycles. The van der Waals surface area contributed by atoms with Crippen LogP contribution in [0.4, 0.5) is 0 Å². The van der Waals surface area contributed by atoms with Crippen LogP contribution in [0.1, 0.15) is 17.5 Å². The van der Waals surface area contributed by atoms with Crippen molar-refractivity contribution in [1.29, 1.82) is 0 Å². The first-order chi connectivity index (χ1) is 15.8. The van der Waals surface area contributed by atoms with Gasteiger partial charge in [0.1, 0.15) is 5.92 Å². The highest BCUT2D eigenvalue weighted by Crippen LogP contribution is 2.21. The van der Waals surface area contributed by atoms with Gasteiger partial charge in [-0.05, 0) is 34.4 Å². The normalized spacial score (nSPS) is 12.4. The SMILES string of the molecule is C=CCC(C(=O)NS(=O)(=O)/C=C/c1ccccc1)C(=O)N(C)Cc1cccc2ccccc12. The molecule has 0 spiro atoms. The van der Waals surface area contributed by atoms with Crippen molar-refractivity contribution in [3.63, 3.8) is 0 Å². The predicted molar refractivity (Wildman–Crippen MR) is 131 cm³/mol. The molecule has 0 aromatic heterocycles. The van der Waals surface area contributed by atoms with Gasteiger partial charge in [-0.3, -0.25) is 9.59 Å². The maximum Gasteiger partial charge on any atom is 0.257 e. The highest BCUT2D eigenvalue weighted by atomic mass is 32.2. The number of nitrogens with one attached hydrogen (secondary N) is 1. The quantitative estimate of drug-likeness (QED) is 0.383. The summed E-state index contributed by atoms with van der Waals surface area (Å²) in [6.07, 6.45) is 2.83. The third kappa shape index (κ3) is 6.40. The molecular formula is C26H26N2O4S. The van der Waals surface area contributed by atoms with Crippen LogP contribution in [0.15, 0.2) is 90.9 Å². The van der Waals surface area contributed by atoms with E-state index in [0.29, 0.717) is 5.56 Å². The molecule has 3 aromatic rings. The second-order valence-corrected chi connectivity index (χ2v) is 9.20. The van der Waals surface area contributed by atoms with E-state index in [1.807, 2.05) is 53.3 Å². The fourth-order valence-electron chi connectivity index (χ4n) is 3.49. The topological polar surface area (TPSA) is 83.5 Å². The Balaban J connectivity index is 1.73.